The van der Waals surface area contributed by atoms with Crippen molar-refractivity contribution in [3.8, 4) is 0 Å². The highest BCUT2D eigenvalue weighted by molar-refractivity contribution is 5.96. The van der Waals surface area contributed by atoms with Gasteiger partial charge in [0.25, 0.3) is 5.91 Å². The Morgan fingerprint density at radius 3 is 2.60 bits per heavy atom. The van der Waals surface area contributed by atoms with Gasteiger partial charge in [0.2, 0.25) is 0 Å². The van der Waals surface area contributed by atoms with Crippen LogP contribution in [0.4, 0.5) is 0 Å². The summed E-state index contributed by atoms with van der Waals surface area (Å²) in [6, 6.07) is 14.0. The highest BCUT2D eigenvalue weighted by Crippen LogP contribution is 2.31. The van der Waals surface area contributed by atoms with E-state index in [0.29, 0.717) is 17.5 Å². The molecule has 1 amide bonds. The van der Waals surface area contributed by atoms with E-state index in [-0.39, 0.29) is 5.56 Å². The van der Waals surface area contributed by atoms with Crippen molar-refractivity contribution in [2.45, 2.75) is 25.6 Å². The fraction of sp³-hybridized carbons (Fsp3) is 0.211. The van der Waals surface area contributed by atoms with E-state index in [1.54, 1.807) is 6.07 Å². The Kier molecular flexibility index (Phi) is 4.52. The Bertz CT molecular complexity index is 831. The number of carbonyl (C=O) groups is 3. The highest BCUT2D eigenvalue weighted by atomic mass is 16.5. The minimum absolute atomic E-state index is 0.258. The standard InChI is InChI=1S/C19H17NO5/c1-11(17(20)21)24-18(22)13-7-8-15-14(9-13)10-16(25-19(15)23)12-5-3-2-4-6-12/h2-9,11,16H,10H2,1H3,(H2,20,21)/t11-,16-/m0/s1. The van der Waals surface area contributed by atoms with Gasteiger partial charge in [0.15, 0.2) is 6.10 Å². The summed E-state index contributed by atoms with van der Waals surface area (Å²) in [4.78, 5) is 35.4. The SMILES string of the molecule is C[C@H](OC(=O)c1ccc2c(c1)C[C@@H](c1ccccc1)OC2=O)C(N)=O. The lowest BCUT2D eigenvalue weighted by Gasteiger charge is -2.25. The molecule has 0 spiro atoms. The quantitative estimate of drug-likeness (QED) is 0.861. The molecule has 2 aromatic carbocycles. The monoisotopic (exact) mass is 339 g/mol. The Hall–Kier alpha value is -3.15. The smallest absolute Gasteiger partial charge is 0.339 e. The molecule has 1 aliphatic heterocycles. The van der Waals surface area contributed by atoms with Crippen LogP contribution >= 0.6 is 0 Å². The van der Waals surface area contributed by atoms with Gasteiger partial charge in [-0.25, -0.2) is 9.59 Å². The Morgan fingerprint density at radius 2 is 1.92 bits per heavy atom. The molecule has 0 fully saturated rings. The third-order valence-corrected chi connectivity index (χ3v) is 4.07. The van der Waals surface area contributed by atoms with E-state index < -0.39 is 30.1 Å². The highest BCUT2D eigenvalue weighted by Gasteiger charge is 2.28. The van der Waals surface area contributed by atoms with Gasteiger partial charge in [0, 0.05) is 6.42 Å². The number of ether oxygens (including phenoxy) is 2. The lowest BCUT2D eigenvalue weighted by Crippen LogP contribution is -2.30. The van der Waals surface area contributed by atoms with Gasteiger partial charge in [0.1, 0.15) is 6.10 Å². The van der Waals surface area contributed by atoms with Crippen LogP contribution in [-0.2, 0) is 20.7 Å². The Balaban J connectivity index is 1.85. The molecular formula is C19H17NO5. The molecule has 1 aliphatic rings. The predicted molar refractivity (Wildman–Crippen MR) is 88.8 cm³/mol. The van der Waals surface area contributed by atoms with Gasteiger partial charge >= 0.3 is 11.9 Å². The maximum absolute atomic E-state index is 12.2. The van der Waals surface area contributed by atoms with Crippen LogP contribution in [0, 0.1) is 0 Å². The minimum Gasteiger partial charge on any atom is -0.454 e. The van der Waals surface area contributed by atoms with Crippen LogP contribution in [0.2, 0.25) is 0 Å². The third kappa shape index (κ3) is 3.52. The second-order valence-electron chi connectivity index (χ2n) is 5.83. The van der Waals surface area contributed by atoms with Crippen molar-refractivity contribution in [1.82, 2.24) is 0 Å². The van der Waals surface area contributed by atoms with Crippen LogP contribution in [0.5, 0.6) is 0 Å². The molecule has 6 heteroatoms. The molecule has 25 heavy (non-hydrogen) atoms. The van der Waals surface area contributed by atoms with Crippen LogP contribution < -0.4 is 5.73 Å². The molecule has 2 N–H and O–H groups in total. The number of carbonyl (C=O) groups excluding carboxylic acids is 3. The second-order valence-corrected chi connectivity index (χ2v) is 5.83. The molecule has 0 aromatic heterocycles. The van der Waals surface area contributed by atoms with Crippen LogP contribution in [-0.4, -0.2) is 23.9 Å². The summed E-state index contributed by atoms with van der Waals surface area (Å²) < 4.78 is 10.5. The summed E-state index contributed by atoms with van der Waals surface area (Å²) in [5.41, 5.74) is 7.36. The fourth-order valence-electron chi connectivity index (χ4n) is 2.66. The number of nitrogens with two attached hydrogens (primary N) is 1. The number of amides is 1. The van der Waals surface area contributed by atoms with E-state index in [1.807, 2.05) is 30.3 Å². The van der Waals surface area contributed by atoms with Gasteiger partial charge in [-0.05, 0) is 36.2 Å². The van der Waals surface area contributed by atoms with Gasteiger partial charge in [-0.3, -0.25) is 4.79 Å². The Morgan fingerprint density at radius 1 is 1.20 bits per heavy atom. The number of primary amides is 1. The van der Waals surface area contributed by atoms with Crippen molar-refractivity contribution in [2.24, 2.45) is 5.73 Å². The second kappa shape index (κ2) is 6.76. The number of esters is 2. The predicted octanol–water partition coefficient (Wildman–Crippen LogP) is 2.17. The zero-order valence-corrected chi connectivity index (χ0v) is 13.6. The van der Waals surface area contributed by atoms with E-state index in [1.165, 1.54) is 19.1 Å². The van der Waals surface area contributed by atoms with Crippen LogP contribution in [0.15, 0.2) is 48.5 Å². The molecule has 3 rings (SSSR count). The number of fused-ring (bicyclic) bond motifs is 1. The maximum Gasteiger partial charge on any atom is 0.339 e. The van der Waals surface area contributed by atoms with Crippen LogP contribution in [0.3, 0.4) is 0 Å². The van der Waals surface area contributed by atoms with Crippen molar-refractivity contribution >= 4 is 17.8 Å². The van der Waals surface area contributed by atoms with Crippen molar-refractivity contribution in [3.05, 3.63) is 70.8 Å². The first-order valence-electron chi connectivity index (χ1n) is 7.85. The first kappa shape index (κ1) is 16.7. The molecule has 1 heterocycles. The summed E-state index contributed by atoms with van der Waals surface area (Å²) in [5, 5.41) is 0. The molecule has 0 bridgehead atoms. The molecule has 0 radical (unpaired) electrons. The van der Waals surface area contributed by atoms with E-state index in [0.717, 1.165) is 5.56 Å². The lowest BCUT2D eigenvalue weighted by atomic mass is 9.93. The molecule has 0 saturated heterocycles. The maximum atomic E-state index is 12.2. The summed E-state index contributed by atoms with van der Waals surface area (Å²) in [6.07, 6.45) is -0.972. The van der Waals surface area contributed by atoms with Gasteiger partial charge in [-0.2, -0.15) is 0 Å². The van der Waals surface area contributed by atoms with Crippen molar-refractivity contribution in [1.29, 1.82) is 0 Å². The Labute approximate surface area is 144 Å². The summed E-state index contributed by atoms with van der Waals surface area (Å²) in [7, 11) is 0. The van der Waals surface area contributed by atoms with Crippen molar-refractivity contribution < 1.29 is 23.9 Å². The van der Waals surface area contributed by atoms with Crippen LogP contribution in [0.1, 0.15) is 44.9 Å². The van der Waals surface area contributed by atoms with Gasteiger partial charge in [0.05, 0.1) is 11.1 Å². The number of rotatable bonds is 4. The summed E-state index contributed by atoms with van der Waals surface area (Å²) >= 11 is 0. The first-order chi connectivity index (χ1) is 12.0. The van der Waals surface area contributed by atoms with E-state index in [2.05, 4.69) is 0 Å². The van der Waals surface area contributed by atoms with E-state index >= 15 is 0 Å². The molecular weight excluding hydrogens is 322 g/mol. The molecule has 0 saturated carbocycles. The lowest BCUT2D eigenvalue weighted by molar-refractivity contribution is -0.125. The van der Waals surface area contributed by atoms with Gasteiger partial charge in [-0.15, -0.1) is 0 Å². The normalized spacial score (nSPS) is 17.2. The molecule has 128 valence electrons. The van der Waals surface area contributed by atoms with E-state index in [4.69, 9.17) is 15.2 Å². The van der Waals surface area contributed by atoms with E-state index in [9.17, 15) is 14.4 Å². The molecule has 2 aromatic rings. The molecule has 0 unspecified atom stereocenters. The fourth-order valence-corrected chi connectivity index (χ4v) is 2.66. The molecule has 6 nitrogen and oxygen atoms in total. The zero-order valence-electron chi connectivity index (χ0n) is 13.6. The number of hydrogen-bond acceptors (Lipinski definition) is 5. The van der Waals surface area contributed by atoms with Gasteiger partial charge in [-0.1, -0.05) is 30.3 Å². The number of benzene rings is 2. The largest absolute Gasteiger partial charge is 0.454 e. The summed E-state index contributed by atoms with van der Waals surface area (Å²) in [5.74, 6) is -1.82. The third-order valence-electron chi connectivity index (χ3n) is 4.07. The van der Waals surface area contributed by atoms with Crippen molar-refractivity contribution in [2.75, 3.05) is 0 Å². The van der Waals surface area contributed by atoms with Crippen LogP contribution in [0.25, 0.3) is 0 Å². The zero-order chi connectivity index (χ0) is 18.0. The number of hydrogen-bond donors (Lipinski definition) is 1. The van der Waals surface area contributed by atoms with Gasteiger partial charge < -0.3 is 15.2 Å². The topological polar surface area (TPSA) is 95.7 Å². The average molecular weight is 339 g/mol. The summed E-state index contributed by atoms with van der Waals surface area (Å²) in [6.45, 7) is 1.40. The van der Waals surface area contributed by atoms with Crippen molar-refractivity contribution in [3.63, 3.8) is 0 Å². The molecule has 0 aliphatic carbocycles. The minimum atomic E-state index is -1.02. The number of cyclic esters (lactones) is 1. The first-order valence-corrected chi connectivity index (χ1v) is 7.85. The average Bonchev–Trinajstić information content (AvgIpc) is 2.61. The molecule has 2 atom stereocenters.